The van der Waals surface area contributed by atoms with Gasteiger partial charge in [0.1, 0.15) is 0 Å². The molecule has 0 aromatic heterocycles. The van der Waals surface area contributed by atoms with Crippen molar-refractivity contribution in [2.24, 2.45) is 0 Å². The standard InChI is InChI=1S/C15H22N2O/c1-12-7-6-8-13(11-12)17(3)14(18)15(2)9-4-5-10-16-15/h6-8,11,16H,4-5,9-10H2,1-3H3. The lowest BCUT2D eigenvalue weighted by Gasteiger charge is -2.36. The Morgan fingerprint density at radius 2 is 2.17 bits per heavy atom. The van der Waals surface area contributed by atoms with Gasteiger partial charge in [-0.25, -0.2) is 0 Å². The molecule has 1 atom stereocenters. The van der Waals surface area contributed by atoms with Gasteiger partial charge in [-0.05, 0) is 57.4 Å². The molecule has 0 spiro atoms. The summed E-state index contributed by atoms with van der Waals surface area (Å²) in [6.07, 6.45) is 3.20. The number of benzene rings is 1. The van der Waals surface area contributed by atoms with E-state index >= 15 is 0 Å². The molecule has 3 nitrogen and oxygen atoms in total. The number of nitrogens with zero attached hydrogens (tertiary/aromatic N) is 1. The Labute approximate surface area is 109 Å². The van der Waals surface area contributed by atoms with E-state index < -0.39 is 5.54 Å². The third-order valence-electron chi connectivity index (χ3n) is 3.78. The Morgan fingerprint density at radius 1 is 1.39 bits per heavy atom. The van der Waals surface area contributed by atoms with Crippen LogP contribution in [0.5, 0.6) is 0 Å². The van der Waals surface area contributed by atoms with Gasteiger partial charge in [0, 0.05) is 12.7 Å². The van der Waals surface area contributed by atoms with E-state index in [1.807, 2.05) is 45.2 Å². The van der Waals surface area contributed by atoms with Gasteiger partial charge in [0.15, 0.2) is 0 Å². The molecule has 1 saturated heterocycles. The molecule has 98 valence electrons. The summed E-state index contributed by atoms with van der Waals surface area (Å²) in [4.78, 5) is 14.4. The molecule has 1 aliphatic heterocycles. The van der Waals surface area contributed by atoms with E-state index in [0.717, 1.165) is 31.5 Å². The molecule has 2 rings (SSSR count). The van der Waals surface area contributed by atoms with Crippen LogP contribution in [0.2, 0.25) is 0 Å². The molecule has 18 heavy (non-hydrogen) atoms. The van der Waals surface area contributed by atoms with Crippen LogP contribution in [0.25, 0.3) is 0 Å². The Morgan fingerprint density at radius 3 is 2.78 bits per heavy atom. The second-order valence-electron chi connectivity index (χ2n) is 5.42. The van der Waals surface area contributed by atoms with Gasteiger partial charge in [-0.2, -0.15) is 0 Å². The van der Waals surface area contributed by atoms with Gasteiger partial charge in [0.2, 0.25) is 5.91 Å². The first-order valence-electron chi connectivity index (χ1n) is 6.63. The summed E-state index contributed by atoms with van der Waals surface area (Å²) in [5.74, 6) is 0.160. The third-order valence-corrected chi connectivity index (χ3v) is 3.78. The van der Waals surface area contributed by atoms with Crippen molar-refractivity contribution in [3.63, 3.8) is 0 Å². The highest BCUT2D eigenvalue weighted by Gasteiger charge is 2.36. The normalized spacial score (nSPS) is 23.7. The topological polar surface area (TPSA) is 32.3 Å². The van der Waals surface area contributed by atoms with Gasteiger partial charge in [-0.15, -0.1) is 0 Å². The van der Waals surface area contributed by atoms with E-state index in [2.05, 4.69) is 5.32 Å². The van der Waals surface area contributed by atoms with E-state index in [4.69, 9.17) is 0 Å². The zero-order valence-electron chi connectivity index (χ0n) is 11.5. The molecule has 1 unspecified atom stereocenters. The van der Waals surface area contributed by atoms with Crippen LogP contribution in [-0.4, -0.2) is 25.0 Å². The molecule has 3 heteroatoms. The van der Waals surface area contributed by atoms with Gasteiger partial charge in [0.25, 0.3) is 0 Å². The lowest BCUT2D eigenvalue weighted by Crippen LogP contribution is -2.57. The maximum atomic E-state index is 12.6. The maximum absolute atomic E-state index is 12.6. The van der Waals surface area contributed by atoms with E-state index in [1.54, 1.807) is 4.90 Å². The monoisotopic (exact) mass is 246 g/mol. The number of piperidine rings is 1. The molecule has 0 bridgehead atoms. The lowest BCUT2D eigenvalue weighted by atomic mass is 9.89. The van der Waals surface area contributed by atoms with Gasteiger partial charge >= 0.3 is 0 Å². The lowest BCUT2D eigenvalue weighted by molar-refractivity contribution is -0.124. The Kier molecular flexibility index (Phi) is 3.71. The first-order valence-corrected chi connectivity index (χ1v) is 6.63. The average molecular weight is 246 g/mol. The highest BCUT2D eigenvalue weighted by Crippen LogP contribution is 2.24. The molecule has 1 fully saturated rings. The predicted octanol–water partition coefficient (Wildman–Crippen LogP) is 2.49. The SMILES string of the molecule is Cc1cccc(N(C)C(=O)C2(C)CCCCN2)c1. The number of rotatable bonds is 2. The molecular formula is C15H22N2O. The molecule has 0 saturated carbocycles. The molecule has 1 amide bonds. The Hall–Kier alpha value is -1.35. The van der Waals surface area contributed by atoms with Crippen LogP contribution in [-0.2, 0) is 4.79 Å². The fourth-order valence-electron chi connectivity index (χ4n) is 2.56. The second-order valence-corrected chi connectivity index (χ2v) is 5.42. The highest BCUT2D eigenvalue weighted by atomic mass is 16.2. The van der Waals surface area contributed by atoms with Crippen molar-refractivity contribution in [3.05, 3.63) is 29.8 Å². The second kappa shape index (κ2) is 5.11. The van der Waals surface area contributed by atoms with Crippen LogP contribution < -0.4 is 10.2 Å². The molecule has 1 N–H and O–H groups in total. The fraction of sp³-hybridized carbons (Fsp3) is 0.533. The van der Waals surface area contributed by atoms with Gasteiger partial charge in [-0.1, -0.05) is 12.1 Å². The molecule has 0 radical (unpaired) electrons. The largest absolute Gasteiger partial charge is 0.314 e. The number of hydrogen-bond donors (Lipinski definition) is 1. The summed E-state index contributed by atoms with van der Waals surface area (Å²) in [5, 5.41) is 3.37. The van der Waals surface area contributed by atoms with Crippen molar-refractivity contribution in [2.75, 3.05) is 18.5 Å². The van der Waals surface area contributed by atoms with Crippen LogP contribution in [0, 0.1) is 6.92 Å². The van der Waals surface area contributed by atoms with E-state index in [9.17, 15) is 4.79 Å². The summed E-state index contributed by atoms with van der Waals surface area (Å²) < 4.78 is 0. The van der Waals surface area contributed by atoms with Crippen molar-refractivity contribution in [3.8, 4) is 0 Å². The van der Waals surface area contributed by atoms with Gasteiger partial charge in [0.05, 0.1) is 5.54 Å². The number of amides is 1. The number of hydrogen-bond acceptors (Lipinski definition) is 2. The number of likely N-dealkylation sites (N-methyl/N-ethyl adjacent to an activating group) is 1. The first kappa shape index (κ1) is 13.1. The van der Waals surface area contributed by atoms with Crippen LogP contribution >= 0.6 is 0 Å². The zero-order chi connectivity index (χ0) is 13.2. The van der Waals surface area contributed by atoms with Crippen molar-refractivity contribution >= 4 is 11.6 Å². The van der Waals surface area contributed by atoms with Crippen LogP contribution in [0.4, 0.5) is 5.69 Å². The first-order chi connectivity index (χ1) is 8.53. The molecule has 1 aromatic rings. The van der Waals surface area contributed by atoms with E-state index in [1.165, 1.54) is 5.56 Å². The number of carbonyl (C=O) groups is 1. The van der Waals surface area contributed by atoms with Gasteiger partial charge < -0.3 is 10.2 Å². The smallest absolute Gasteiger partial charge is 0.246 e. The van der Waals surface area contributed by atoms with Crippen molar-refractivity contribution in [1.29, 1.82) is 0 Å². The zero-order valence-corrected chi connectivity index (χ0v) is 11.5. The van der Waals surface area contributed by atoms with Crippen LogP contribution in [0.1, 0.15) is 31.7 Å². The minimum Gasteiger partial charge on any atom is -0.314 e. The number of anilines is 1. The molecule has 1 heterocycles. The summed E-state index contributed by atoms with van der Waals surface area (Å²) >= 11 is 0. The third kappa shape index (κ3) is 2.56. The molecule has 0 aliphatic carbocycles. The minimum atomic E-state index is -0.406. The Bertz CT molecular complexity index is 436. The average Bonchev–Trinajstić information content (AvgIpc) is 2.38. The summed E-state index contributed by atoms with van der Waals surface area (Å²) in [6.45, 7) is 4.99. The summed E-state index contributed by atoms with van der Waals surface area (Å²) in [6, 6.07) is 8.06. The molecular weight excluding hydrogens is 224 g/mol. The van der Waals surface area contributed by atoms with Crippen molar-refractivity contribution < 1.29 is 4.79 Å². The fourth-order valence-corrected chi connectivity index (χ4v) is 2.56. The van der Waals surface area contributed by atoms with E-state index in [0.29, 0.717) is 0 Å². The van der Waals surface area contributed by atoms with Crippen molar-refractivity contribution in [1.82, 2.24) is 5.32 Å². The maximum Gasteiger partial charge on any atom is 0.246 e. The molecule has 1 aromatic carbocycles. The Balaban J connectivity index is 2.17. The summed E-state index contributed by atoms with van der Waals surface area (Å²) in [7, 11) is 1.86. The van der Waals surface area contributed by atoms with Gasteiger partial charge in [-0.3, -0.25) is 4.79 Å². The minimum absolute atomic E-state index is 0.160. The molecule has 1 aliphatic rings. The van der Waals surface area contributed by atoms with Crippen LogP contribution in [0.15, 0.2) is 24.3 Å². The van der Waals surface area contributed by atoms with E-state index in [-0.39, 0.29) is 5.91 Å². The van der Waals surface area contributed by atoms with Crippen molar-refractivity contribution in [2.45, 2.75) is 38.6 Å². The number of nitrogens with one attached hydrogen (secondary N) is 1. The number of aryl methyl sites for hydroxylation is 1. The predicted molar refractivity (Wildman–Crippen MR) is 74.8 cm³/mol. The number of carbonyl (C=O) groups excluding carboxylic acids is 1. The van der Waals surface area contributed by atoms with Crippen LogP contribution in [0.3, 0.4) is 0 Å². The quantitative estimate of drug-likeness (QED) is 0.869. The highest BCUT2D eigenvalue weighted by molar-refractivity contribution is 5.99. The summed E-state index contributed by atoms with van der Waals surface area (Å²) in [5.41, 5.74) is 1.74.